The smallest absolute Gasteiger partial charge is 0.00201 e. The second kappa shape index (κ2) is 7.41. The van der Waals surface area contributed by atoms with Gasteiger partial charge in [0.2, 0.25) is 0 Å². The zero-order chi connectivity index (χ0) is 23.6. The van der Waals surface area contributed by atoms with Gasteiger partial charge in [-0.25, -0.2) is 0 Å². The second-order valence-corrected chi connectivity index (χ2v) is 9.78. The number of rotatable bonds is 2. The lowest BCUT2D eigenvalue weighted by Crippen LogP contribution is -1.90. The Labute approximate surface area is 209 Å². The van der Waals surface area contributed by atoms with E-state index in [4.69, 9.17) is 0 Å². The summed E-state index contributed by atoms with van der Waals surface area (Å²) < 4.78 is 0. The topological polar surface area (TPSA) is 0 Å². The first-order chi connectivity index (χ1) is 17.8. The fourth-order valence-corrected chi connectivity index (χ4v) is 6.03. The first-order valence-corrected chi connectivity index (χ1v) is 12.5. The summed E-state index contributed by atoms with van der Waals surface area (Å²) in [5, 5.41) is 13.0. The molecule has 0 saturated heterocycles. The van der Waals surface area contributed by atoms with Crippen molar-refractivity contribution in [1.29, 1.82) is 0 Å². The molecule has 0 aliphatic heterocycles. The van der Waals surface area contributed by atoms with Crippen molar-refractivity contribution in [3.63, 3.8) is 0 Å². The van der Waals surface area contributed by atoms with Crippen LogP contribution in [0.3, 0.4) is 0 Å². The largest absolute Gasteiger partial charge is 0.0616 e. The fourth-order valence-electron chi connectivity index (χ4n) is 6.03. The van der Waals surface area contributed by atoms with Crippen LogP contribution in [-0.4, -0.2) is 0 Å². The van der Waals surface area contributed by atoms with Crippen LogP contribution in [0.2, 0.25) is 0 Å². The lowest BCUT2D eigenvalue weighted by molar-refractivity contribution is 1.68. The monoisotopic (exact) mass is 454 g/mol. The van der Waals surface area contributed by atoms with E-state index in [1.54, 1.807) is 0 Å². The highest BCUT2D eigenvalue weighted by molar-refractivity contribution is 6.28. The Morgan fingerprint density at radius 2 is 0.806 bits per heavy atom. The van der Waals surface area contributed by atoms with E-state index in [2.05, 4.69) is 133 Å². The molecule has 36 heavy (non-hydrogen) atoms. The normalized spacial score (nSPS) is 11.9. The highest BCUT2D eigenvalue weighted by atomic mass is 14.2. The molecule has 0 aliphatic carbocycles. The van der Waals surface area contributed by atoms with Gasteiger partial charge in [-0.3, -0.25) is 0 Å². The van der Waals surface area contributed by atoms with Crippen molar-refractivity contribution in [2.75, 3.05) is 0 Å². The summed E-state index contributed by atoms with van der Waals surface area (Å²) in [7, 11) is 0. The molecular weight excluding hydrogens is 432 g/mol. The van der Waals surface area contributed by atoms with Crippen molar-refractivity contribution in [3.05, 3.63) is 133 Å². The van der Waals surface area contributed by atoms with Gasteiger partial charge in [-0.05, 0) is 94.3 Å². The van der Waals surface area contributed by atoms with Crippen LogP contribution in [0.4, 0.5) is 0 Å². The molecule has 0 nitrogen and oxygen atoms in total. The minimum Gasteiger partial charge on any atom is -0.0616 e. The first-order valence-electron chi connectivity index (χ1n) is 12.5. The number of hydrogen-bond donors (Lipinski definition) is 0. The molecule has 0 bridgehead atoms. The molecule has 0 heterocycles. The van der Waals surface area contributed by atoms with Gasteiger partial charge in [0.25, 0.3) is 0 Å². The first kappa shape index (κ1) is 19.6. The van der Waals surface area contributed by atoms with Crippen LogP contribution in [0.15, 0.2) is 133 Å². The van der Waals surface area contributed by atoms with Crippen molar-refractivity contribution in [2.45, 2.75) is 0 Å². The van der Waals surface area contributed by atoms with Crippen LogP contribution in [0.1, 0.15) is 0 Å². The Morgan fingerprint density at radius 1 is 0.278 bits per heavy atom. The predicted octanol–water partition coefficient (Wildman–Crippen LogP) is 10.2. The fraction of sp³-hybridized carbons (Fsp3) is 0. The van der Waals surface area contributed by atoms with Crippen LogP contribution in [-0.2, 0) is 0 Å². The molecule has 8 rings (SSSR count). The van der Waals surface area contributed by atoms with Crippen molar-refractivity contribution >= 4 is 53.9 Å². The van der Waals surface area contributed by atoms with E-state index in [9.17, 15) is 0 Å². The molecule has 0 spiro atoms. The van der Waals surface area contributed by atoms with E-state index < -0.39 is 0 Å². The van der Waals surface area contributed by atoms with E-state index >= 15 is 0 Å². The lowest BCUT2D eigenvalue weighted by atomic mass is 9.86. The quantitative estimate of drug-likeness (QED) is 0.228. The Morgan fingerprint density at radius 3 is 1.53 bits per heavy atom. The summed E-state index contributed by atoms with van der Waals surface area (Å²) in [6.07, 6.45) is 0. The standard InChI is InChI=1S/C36H22/c1-3-8-26-20-28(14-12-23(26)6-1)31-18-17-30-22-34(29-15-13-24-7-2-4-9-27(24)21-29)32-11-5-10-25-16-19-33(31)36(30)35(25)32/h1-22H. The molecular formula is C36H22. The second-order valence-electron chi connectivity index (χ2n) is 9.78. The van der Waals surface area contributed by atoms with Gasteiger partial charge in [-0.2, -0.15) is 0 Å². The molecule has 0 heteroatoms. The summed E-state index contributed by atoms with van der Waals surface area (Å²) in [5.74, 6) is 0. The molecule has 0 N–H and O–H groups in total. The molecule has 8 aromatic rings. The van der Waals surface area contributed by atoms with Gasteiger partial charge in [0.1, 0.15) is 0 Å². The van der Waals surface area contributed by atoms with Gasteiger partial charge in [-0.1, -0.05) is 115 Å². The third-order valence-corrected chi connectivity index (χ3v) is 7.76. The van der Waals surface area contributed by atoms with Crippen molar-refractivity contribution in [1.82, 2.24) is 0 Å². The number of benzene rings is 8. The molecule has 0 unspecified atom stereocenters. The van der Waals surface area contributed by atoms with Crippen molar-refractivity contribution in [2.24, 2.45) is 0 Å². The summed E-state index contributed by atoms with van der Waals surface area (Å²) in [6.45, 7) is 0. The van der Waals surface area contributed by atoms with E-state index in [0.717, 1.165) is 0 Å². The summed E-state index contributed by atoms with van der Waals surface area (Å²) in [5.41, 5.74) is 5.12. The average molecular weight is 455 g/mol. The molecule has 0 atom stereocenters. The zero-order valence-electron chi connectivity index (χ0n) is 19.7. The Balaban J connectivity index is 1.44. The van der Waals surface area contributed by atoms with E-state index in [-0.39, 0.29) is 0 Å². The van der Waals surface area contributed by atoms with Gasteiger partial charge in [0.15, 0.2) is 0 Å². The molecule has 8 aromatic carbocycles. The molecule has 0 amide bonds. The van der Waals surface area contributed by atoms with Crippen LogP contribution < -0.4 is 0 Å². The third-order valence-electron chi connectivity index (χ3n) is 7.76. The summed E-state index contributed by atoms with van der Waals surface area (Å²) in [6, 6.07) is 49.2. The maximum atomic E-state index is 2.39. The molecule has 0 fully saturated rings. The third kappa shape index (κ3) is 2.82. The maximum Gasteiger partial charge on any atom is -0.00201 e. The average Bonchev–Trinajstić information content (AvgIpc) is 2.95. The van der Waals surface area contributed by atoms with E-state index in [0.29, 0.717) is 0 Å². The highest BCUT2D eigenvalue weighted by Crippen LogP contribution is 2.43. The SMILES string of the molecule is c1ccc2cc(-c3cc4ccc(-c5ccc6ccccc6c5)c5ccc6cccc3c6c45)ccc2c1. The van der Waals surface area contributed by atoms with Gasteiger partial charge in [0.05, 0.1) is 0 Å². The van der Waals surface area contributed by atoms with E-state index in [1.807, 2.05) is 0 Å². The predicted molar refractivity (Wildman–Crippen MR) is 156 cm³/mol. The summed E-state index contributed by atoms with van der Waals surface area (Å²) >= 11 is 0. The van der Waals surface area contributed by atoms with Crippen LogP contribution in [0.5, 0.6) is 0 Å². The minimum absolute atomic E-state index is 1.27. The van der Waals surface area contributed by atoms with Gasteiger partial charge >= 0.3 is 0 Å². The van der Waals surface area contributed by atoms with Gasteiger partial charge in [-0.15, -0.1) is 0 Å². The van der Waals surface area contributed by atoms with Crippen LogP contribution >= 0.6 is 0 Å². The Bertz CT molecular complexity index is 2090. The number of fused-ring (bicyclic) bond motifs is 2. The van der Waals surface area contributed by atoms with Crippen molar-refractivity contribution in [3.8, 4) is 22.3 Å². The van der Waals surface area contributed by atoms with Crippen LogP contribution in [0, 0.1) is 0 Å². The highest BCUT2D eigenvalue weighted by Gasteiger charge is 2.16. The molecule has 0 radical (unpaired) electrons. The summed E-state index contributed by atoms with van der Waals surface area (Å²) in [4.78, 5) is 0. The molecule has 0 aliphatic rings. The molecule has 0 aromatic heterocycles. The van der Waals surface area contributed by atoms with E-state index in [1.165, 1.54) is 76.1 Å². The lowest BCUT2D eigenvalue weighted by Gasteiger charge is -2.17. The maximum absolute atomic E-state index is 2.39. The zero-order valence-corrected chi connectivity index (χ0v) is 19.7. The Hall–Kier alpha value is -4.68. The van der Waals surface area contributed by atoms with Gasteiger partial charge in [0, 0.05) is 0 Å². The number of hydrogen-bond acceptors (Lipinski definition) is 0. The van der Waals surface area contributed by atoms with Gasteiger partial charge < -0.3 is 0 Å². The molecule has 166 valence electrons. The van der Waals surface area contributed by atoms with Crippen molar-refractivity contribution < 1.29 is 0 Å². The molecule has 0 saturated carbocycles. The van der Waals surface area contributed by atoms with Crippen LogP contribution in [0.25, 0.3) is 76.1 Å². The Kier molecular flexibility index (Phi) is 4.03. The minimum atomic E-state index is 1.27.